The molecule has 0 aliphatic heterocycles. The predicted octanol–water partition coefficient (Wildman–Crippen LogP) is 4.16. The normalized spacial score (nSPS) is 11.9. The van der Waals surface area contributed by atoms with Gasteiger partial charge in [-0.1, -0.05) is 59.6 Å². The summed E-state index contributed by atoms with van der Waals surface area (Å²) in [5, 5.41) is 9.90. The van der Waals surface area contributed by atoms with Crippen LogP contribution in [-0.4, -0.2) is 11.1 Å². The fraction of sp³-hybridized carbons (Fsp3) is 0.0714. The summed E-state index contributed by atoms with van der Waals surface area (Å²) in [5.74, 6) is -1.12. The lowest BCUT2D eigenvalue weighted by Crippen LogP contribution is -2.18. The maximum absolute atomic E-state index is 11.3. The molecule has 4 nitrogen and oxygen atoms in total. The van der Waals surface area contributed by atoms with Crippen molar-refractivity contribution in [2.75, 3.05) is 5.48 Å². The molecule has 0 radical (unpaired) electrons. The van der Waals surface area contributed by atoms with Crippen LogP contribution in [0.3, 0.4) is 0 Å². The van der Waals surface area contributed by atoms with Crippen LogP contribution in [0.4, 0.5) is 5.69 Å². The van der Waals surface area contributed by atoms with Crippen molar-refractivity contribution in [3.05, 3.63) is 64.1 Å². The second kappa shape index (κ2) is 6.61. The quantitative estimate of drug-likeness (QED) is 0.814. The Balaban J connectivity index is 2.17. The average molecular weight is 312 g/mol. The summed E-state index contributed by atoms with van der Waals surface area (Å²) in [5.41, 5.74) is 3.36. The summed E-state index contributed by atoms with van der Waals surface area (Å²) in [6.07, 6.45) is -1.16. The maximum Gasteiger partial charge on any atom is 0.340 e. The minimum atomic E-state index is -1.16. The Morgan fingerprint density at radius 3 is 2.20 bits per heavy atom. The highest BCUT2D eigenvalue weighted by atomic mass is 35.5. The first-order chi connectivity index (χ1) is 9.59. The number of carbonyl (C=O) groups is 1. The summed E-state index contributed by atoms with van der Waals surface area (Å²) < 4.78 is 0. The molecule has 0 aromatic heterocycles. The van der Waals surface area contributed by atoms with Crippen molar-refractivity contribution in [3.8, 4) is 0 Å². The molecule has 0 fully saturated rings. The van der Waals surface area contributed by atoms with Crippen molar-refractivity contribution in [2.45, 2.75) is 6.10 Å². The third-order valence-corrected chi connectivity index (χ3v) is 3.20. The largest absolute Gasteiger partial charge is 0.479 e. The van der Waals surface area contributed by atoms with Gasteiger partial charge in [-0.25, -0.2) is 4.79 Å². The summed E-state index contributed by atoms with van der Waals surface area (Å²) in [7, 11) is 0. The van der Waals surface area contributed by atoms with Crippen molar-refractivity contribution < 1.29 is 14.7 Å². The van der Waals surface area contributed by atoms with Crippen LogP contribution in [-0.2, 0) is 9.63 Å². The molecule has 0 amide bonds. The van der Waals surface area contributed by atoms with Gasteiger partial charge in [0.25, 0.3) is 0 Å². The van der Waals surface area contributed by atoms with Gasteiger partial charge in [0.05, 0.1) is 15.7 Å². The Labute approximate surface area is 125 Å². The summed E-state index contributed by atoms with van der Waals surface area (Å²) in [4.78, 5) is 16.5. The van der Waals surface area contributed by atoms with Gasteiger partial charge in [-0.3, -0.25) is 10.3 Å². The van der Waals surface area contributed by atoms with E-state index >= 15 is 0 Å². The molecule has 20 heavy (non-hydrogen) atoms. The monoisotopic (exact) mass is 311 g/mol. The first-order valence-electron chi connectivity index (χ1n) is 5.73. The average Bonchev–Trinajstić information content (AvgIpc) is 2.43. The first-order valence-corrected chi connectivity index (χ1v) is 6.48. The number of carboxylic acids is 1. The molecule has 0 aliphatic carbocycles. The van der Waals surface area contributed by atoms with E-state index in [2.05, 4.69) is 5.48 Å². The van der Waals surface area contributed by atoms with Gasteiger partial charge < -0.3 is 5.11 Å². The van der Waals surface area contributed by atoms with Crippen LogP contribution < -0.4 is 5.48 Å². The van der Waals surface area contributed by atoms with Crippen molar-refractivity contribution >= 4 is 34.9 Å². The van der Waals surface area contributed by atoms with Crippen molar-refractivity contribution in [2.24, 2.45) is 0 Å². The van der Waals surface area contributed by atoms with Crippen LogP contribution >= 0.6 is 23.2 Å². The minimum Gasteiger partial charge on any atom is -0.479 e. The molecule has 2 aromatic carbocycles. The van der Waals surface area contributed by atoms with Gasteiger partial charge in [0.15, 0.2) is 0 Å². The zero-order valence-electron chi connectivity index (χ0n) is 10.2. The molecule has 0 spiro atoms. The number of para-hydroxylation sites is 1. The molecule has 2 rings (SSSR count). The van der Waals surface area contributed by atoms with Crippen LogP contribution in [0.15, 0.2) is 48.5 Å². The van der Waals surface area contributed by atoms with Gasteiger partial charge in [-0.15, -0.1) is 0 Å². The SMILES string of the molecule is O=C(O)C(ONc1c(Cl)cccc1Cl)c1ccccc1. The van der Waals surface area contributed by atoms with E-state index in [1.165, 1.54) is 0 Å². The fourth-order valence-corrected chi connectivity index (χ4v) is 2.08. The highest BCUT2D eigenvalue weighted by Gasteiger charge is 2.21. The van der Waals surface area contributed by atoms with Crippen molar-refractivity contribution in [1.82, 2.24) is 0 Å². The minimum absolute atomic E-state index is 0.331. The molecule has 2 aromatic rings. The number of halogens is 2. The Kier molecular flexibility index (Phi) is 4.84. The van der Waals surface area contributed by atoms with Gasteiger partial charge in [0.2, 0.25) is 6.10 Å². The molecule has 0 aliphatic rings. The number of hydrogen-bond acceptors (Lipinski definition) is 3. The molecule has 0 saturated carbocycles. The molecule has 1 unspecified atom stereocenters. The van der Waals surface area contributed by atoms with Crippen LogP contribution in [0, 0.1) is 0 Å². The highest BCUT2D eigenvalue weighted by molar-refractivity contribution is 6.39. The molecule has 0 saturated heterocycles. The van der Waals surface area contributed by atoms with E-state index in [4.69, 9.17) is 28.0 Å². The number of rotatable bonds is 5. The lowest BCUT2D eigenvalue weighted by Gasteiger charge is -2.16. The molecule has 2 N–H and O–H groups in total. The Bertz CT molecular complexity index is 584. The predicted molar refractivity (Wildman–Crippen MR) is 78.0 cm³/mol. The number of nitrogens with one attached hydrogen (secondary N) is 1. The molecular formula is C14H11Cl2NO3. The Morgan fingerprint density at radius 2 is 1.65 bits per heavy atom. The topological polar surface area (TPSA) is 58.6 Å². The number of hydrogen-bond donors (Lipinski definition) is 2. The number of benzene rings is 2. The number of carboxylic acid groups (broad SMARTS) is 1. The summed E-state index contributed by atoms with van der Waals surface area (Å²) >= 11 is 11.9. The van der Waals surface area contributed by atoms with Crippen LogP contribution in [0.2, 0.25) is 10.0 Å². The standard InChI is InChI=1S/C14H11Cl2NO3/c15-10-7-4-8-11(16)12(10)17-20-13(14(18)19)9-5-2-1-3-6-9/h1-8,13,17H,(H,18,19). The second-order valence-corrected chi connectivity index (χ2v) is 4.76. The number of aliphatic carboxylic acids is 1. The molecule has 6 heteroatoms. The van der Waals surface area contributed by atoms with Crippen molar-refractivity contribution in [3.63, 3.8) is 0 Å². The second-order valence-electron chi connectivity index (χ2n) is 3.95. The van der Waals surface area contributed by atoms with Gasteiger partial charge in [0, 0.05) is 0 Å². The smallest absolute Gasteiger partial charge is 0.340 e. The fourth-order valence-electron chi connectivity index (χ4n) is 1.60. The molecule has 0 heterocycles. The molecular weight excluding hydrogens is 301 g/mol. The first kappa shape index (κ1) is 14.7. The van der Waals surface area contributed by atoms with E-state index in [1.807, 2.05) is 0 Å². The van der Waals surface area contributed by atoms with Crippen LogP contribution in [0.25, 0.3) is 0 Å². The van der Waals surface area contributed by atoms with Gasteiger partial charge in [-0.05, 0) is 17.7 Å². The van der Waals surface area contributed by atoms with Crippen molar-refractivity contribution in [1.29, 1.82) is 0 Å². The van der Waals surface area contributed by atoms with E-state index < -0.39 is 12.1 Å². The van der Waals surface area contributed by atoms with Crippen LogP contribution in [0.1, 0.15) is 11.7 Å². The lowest BCUT2D eigenvalue weighted by molar-refractivity contribution is -0.148. The Morgan fingerprint density at radius 1 is 1.05 bits per heavy atom. The third-order valence-electron chi connectivity index (χ3n) is 2.57. The van der Waals surface area contributed by atoms with Gasteiger partial charge in [-0.2, -0.15) is 0 Å². The van der Waals surface area contributed by atoms with E-state index in [1.54, 1.807) is 48.5 Å². The van der Waals surface area contributed by atoms with E-state index in [0.717, 1.165) is 0 Å². The third kappa shape index (κ3) is 3.42. The zero-order valence-corrected chi connectivity index (χ0v) is 11.7. The summed E-state index contributed by atoms with van der Waals surface area (Å²) in [6.45, 7) is 0. The maximum atomic E-state index is 11.3. The molecule has 0 bridgehead atoms. The summed E-state index contributed by atoms with van der Waals surface area (Å²) in [6, 6.07) is 13.5. The molecule has 1 atom stereocenters. The highest BCUT2D eigenvalue weighted by Crippen LogP contribution is 2.31. The molecule has 104 valence electrons. The number of anilines is 1. The van der Waals surface area contributed by atoms with Crippen LogP contribution in [0.5, 0.6) is 0 Å². The van der Waals surface area contributed by atoms with Gasteiger partial charge in [0.1, 0.15) is 0 Å². The van der Waals surface area contributed by atoms with E-state index in [0.29, 0.717) is 21.3 Å². The lowest BCUT2D eigenvalue weighted by atomic mass is 10.1. The Hall–Kier alpha value is -1.75. The van der Waals surface area contributed by atoms with E-state index in [-0.39, 0.29) is 0 Å². The van der Waals surface area contributed by atoms with E-state index in [9.17, 15) is 9.90 Å². The zero-order chi connectivity index (χ0) is 14.5. The van der Waals surface area contributed by atoms with Gasteiger partial charge >= 0.3 is 5.97 Å².